The fourth-order valence-corrected chi connectivity index (χ4v) is 1.17. The van der Waals surface area contributed by atoms with Gasteiger partial charge in [-0.15, -0.1) is 5.92 Å². The minimum Gasteiger partial charge on any atom is -0.356 e. The van der Waals surface area contributed by atoms with Crippen LogP contribution in [0.4, 0.5) is 0 Å². The van der Waals surface area contributed by atoms with E-state index in [1.54, 1.807) is 6.92 Å². The second-order valence-corrected chi connectivity index (χ2v) is 3.50. The van der Waals surface area contributed by atoms with Crippen molar-refractivity contribution in [2.24, 2.45) is 0 Å². The normalized spacial score (nSPS) is 8.88. The van der Waals surface area contributed by atoms with E-state index in [9.17, 15) is 9.59 Å². The zero-order valence-corrected chi connectivity index (χ0v) is 10.1. The Kier molecular flexibility index (Phi) is 9.09. The molecule has 16 heavy (non-hydrogen) atoms. The zero-order chi connectivity index (χ0) is 12.2. The minimum absolute atomic E-state index is 0.00381. The first-order chi connectivity index (χ1) is 7.66. The highest BCUT2D eigenvalue weighted by atomic mass is 16.2. The van der Waals surface area contributed by atoms with Crippen LogP contribution in [0.15, 0.2) is 0 Å². The van der Waals surface area contributed by atoms with Crippen LogP contribution in [0.3, 0.4) is 0 Å². The molecule has 0 atom stereocenters. The highest BCUT2D eigenvalue weighted by Crippen LogP contribution is 1.98. The molecule has 0 heterocycles. The van der Waals surface area contributed by atoms with Crippen molar-refractivity contribution >= 4 is 11.8 Å². The number of hydrogen-bond donors (Lipinski definition) is 2. The van der Waals surface area contributed by atoms with E-state index in [0.717, 1.165) is 19.3 Å². The average molecular weight is 224 g/mol. The lowest BCUT2D eigenvalue weighted by Gasteiger charge is -2.02. The third-order valence-corrected chi connectivity index (χ3v) is 2.01. The summed E-state index contributed by atoms with van der Waals surface area (Å²) in [5.41, 5.74) is 0. The molecule has 0 bridgehead atoms. The Bertz CT molecular complexity index is 276. The monoisotopic (exact) mass is 224 g/mol. The minimum atomic E-state index is -0.00381. The number of amides is 2. The molecular formula is C12H20N2O2. The molecule has 0 aliphatic carbocycles. The maximum Gasteiger partial charge on any atom is 0.220 e. The van der Waals surface area contributed by atoms with Gasteiger partial charge in [0.1, 0.15) is 0 Å². The predicted molar refractivity (Wildman–Crippen MR) is 63.6 cm³/mol. The van der Waals surface area contributed by atoms with Gasteiger partial charge in [0.25, 0.3) is 0 Å². The van der Waals surface area contributed by atoms with Crippen LogP contribution in [0.5, 0.6) is 0 Å². The molecule has 0 saturated heterocycles. The van der Waals surface area contributed by atoms with Crippen molar-refractivity contribution in [2.75, 3.05) is 13.1 Å². The van der Waals surface area contributed by atoms with Crippen LogP contribution in [0.1, 0.15) is 39.5 Å². The van der Waals surface area contributed by atoms with E-state index in [-0.39, 0.29) is 11.8 Å². The molecule has 0 radical (unpaired) electrons. The molecule has 0 aliphatic rings. The molecule has 2 amide bonds. The Hall–Kier alpha value is -1.50. The lowest BCUT2D eigenvalue weighted by molar-refractivity contribution is -0.121. The maximum absolute atomic E-state index is 11.2. The molecule has 4 heteroatoms. The topological polar surface area (TPSA) is 58.2 Å². The van der Waals surface area contributed by atoms with Crippen LogP contribution in [0.2, 0.25) is 0 Å². The van der Waals surface area contributed by atoms with Crippen molar-refractivity contribution in [2.45, 2.75) is 39.5 Å². The molecule has 0 fully saturated rings. The van der Waals surface area contributed by atoms with E-state index in [2.05, 4.69) is 22.5 Å². The quantitative estimate of drug-likeness (QED) is 0.497. The first-order valence-electron chi connectivity index (χ1n) is 5.57. The van der Waals surface area contributed by atoms with Gasteiger partial charge < -0.3 is 10.6 Å². The van der Waals surface area contributed by atoms with Gasteiger partial charge in [0.05, 0.1) is 6.54 Å². The lowest BCUT2D eigenvalue weighted by Crippen LogP contribution is -2.23. The smallest absolute Gasteiger partial charge is 0.220 e. The maximum atomic E-state index is 11.2. The largest absolute Gasteiger partial charge is 0.356 e. The van der Waals surface area contributed by atoms with Crippen molar-refractivity contribution in [3.63, 3.8) is 0 Å². The second-order valence-electron chi connectivity index (χ2n) is 3.50. The molecule has 0 spiro atoms. The van der Waals surface area contributed by atoms with Gasteiger partial charge in [-0.3, -0.25) is 9.59 Å². The summed E-state index contributed by atoms with van der Waals surface area (Å²) in [4.78, 5) is 21.8. The SMILES string of the molecule is CC#CCNC(=O)CCCCCNC(C)=O. The van der Waals surface area contributed by atoms with Crippen LogP contribution in [-0.4, -0.2) is 24.9 Å². The second kappa shape index (κ2) is 10.0. The molecule has 0 aromatic rings. The van der Waals surface area contributed by atoms with E-state index in [1.165, 1.54) is 6.92 Å². The van der Waals surface area contributed by atoms with Crippen LogP contribution >= 0.6 is 0 Å². The van der Waals surface area contributed by atoms with Crippen LogP contribution in [0.25, 0.3) is 0 Å². The third kappa shape index (κ3) is 10.6. The zero-order valence-electron chi connectivity index (χ0n) is 10.1. The standard InChI is InChI=1S/C12H20N2O2/c1-3-4-9-14-12(16)8-6-5-7-10-13-11(2)15/h5-10H2,1-2H3,(H,13,15)(H,14,16). The van der Waals surface area contributed by atoms with Gasteiger partial charge in [-0.1, -0.05) is 12.3 Å². The fourth-order valence-electron chi connectivity index (χ4n) is 1.17. The number of nitrogens with one attached hydrogen (secondary N) is 2. The molecular weight excluding hydrogens is 204 g/mol. The predicted octanol–water partition coefficient (Wildman–Crippen LogP) is 0.822. The van der Waals surface area contributed by atoms with Gasteiger partial charge in [-0.05, 0) is 19.8 Å². The molecule has 0 saturated carbocycles. The summed E-state index contributed by atoms with van der Waals surface area (Å²) >= 11 is 0. The molecule has 0 aromatic carbocycles. The van der Waals surface area contributed by atoms with E-state index < -0.39 is 0 Å². The molecule has 4 nitrogen and oxygen atoms in total. The number of unbranched alkanes of at least 4 members (excludes halogenated alkanes) is 2. The Morgan fingerprint density at radius 3 is 2.50 bits per heavy atom. The number of hydrogen-bond acceptors (Lipinski definition) is 2. The summed E-state index contributed by atoms with van der Waals surface area (Å²) in [5, 5.41) is 5.43. The summed E-state index contributed by atoms with van der Waals surface area (Å²) in [7, 11) is 0. The van der Waals surface area contributed by atoms with Crippen molar-refractivity contribution in [3.05, 3.63) is 0 Å². The van der Waals surface area contributed by atoms with E-state index in [1.807, 2.05) is 0 Å². The molecule has 0 rings (SSSR count). The first-order valence-corrected chi connectivity index (χ1v) is 5.57. The van der Waals surface area contributed by atoms with Gasteiger partial charge in [-0.25, -0.2) is 0 Å². The van der Waals surface area contributed by atoms with Crippen LogP contribution in [-0.2, 0) is 9.59 Å². The fraction of sp³-hybridized carbons (Fsp3) is 0.667. The number of rotatable bonds is 7. The lowest BCUT2D eigenvalue weighted by atomic mass is 10.2. The highest BCUT2D eigenvalue weighted by Gasteiger charge is 1.99. The van der Waals surface area contributed by atoms with E-state index in [4.69, 9.17) is 0 Å². The summed E-state index contributed by atoms with van der Waals surface area (Å²) in [6, 6.07) is 0. The molecule has 2 N–H and O–H groups in total. The summed E-state index contributed by atoms with van der Waals surface area (Å²) in [6.07, 6.45) is 3.26. The molecule has 0 aromatic heterocycles. The van der Waals surface area contributed by atoms with Crippen molar-refractivity contribution in [3.8, 4) is 11.8 Å². The van der Waals surface area contributed by atoms with Crippen LogP contribution in [0, 0.1) is 11.8 Å². The average Bonchev–Trinajstić information content (AvgIpc) is 2.23. The summed E-state index contributed by atoms with van der Waals surface area (Å²) < 4.78 is 0. The van der Waals surface area contributed by atoms with E-state index in [0.29, 0.717) is 19.5 Å². The Morgan fingerprint density at radius 1 is 1.12 bits per heavy atom. The Balaban J connectivity index is 3.26. The van der Waals surface area contributed by atoms with E-state index >= 15 is 0 Å². The van der Waals surface area contributed by atoms with Crippen molar-refractivity contribution < 1.29 is 9.59 Å². The third-order valence-electron chi connectivity index (χ3n) is 2.01. The molecule has 0 aliphatic heterocycles. The summed E-state index contributed by atoms with van der Waals surface area (Å²) in [5.74, 6) is 5.53. The van der Waals surface area contributed by atoms with Gasteiger partial charge in [-0.2, -0.15) is 0 Å². The Labute approximate surface area is 97.2 Å². The summed E-state index contributed by atoms with van der Waals surface area (Å²) in [6.45, 7) is 4.37. The van der Waals surface area contributed by atoms with Gasteiger partial charge in [0.2, 0.25) is 11.8 Å². The van der Waals surface area contributed by atoms with Crippen molar-refractivity contribution in [1.82, 2.24) is 10.6 Å². The van der Waals surface area contributed by atoms with Gasteiger partial charge in [0, 0.05) is 19.9 Å². The number of carbonyl (C=O) groups is 2. The molecule has 0 unspecified atom stereocenters. The van der Waals surface area contributed by atoms with Gasteiger partial charge in [0.15, 0.2) is 0 Å². The van der Waals surface area contributed by atoms with Crippen LogP contribution < -0.4 is 10.6 Å². The molecule has 90 valence electrons. The Morgan fingerprint density at radius 2 is 1.88 bits per heavy atom. The highest BCUT2D eigenvalue weighted by molar-refractivity contribution is 5.76. The van der Waals surface area contributed by atoms with Crippen molar-refractivity contribution in [1.29, 1.82) is 0 Å². The van der Waals surface area contributed by atoms with Gasteiger partial charge >= 0.3 is 0 Å². The number of carbonyl (C=O) groups excluding carboxylic acids is 2. The first kappa shape index (κ1) is 14.5.